The fourth-order valence-electron chi connectivity index (χ4n) is 2.94. The highest BCUT2D eigenvalue weighted by molar-refractivity contribution is 7.98. The minimum atomic E-state index is -1.09. The normalized spacial score (nSPS) is 16.3. The van der Waals surface area contributed by atoms with Crippen LogP contribution in [0.15, 0.2) is 42.1 Å². The number of aliphatic carboxylic acids is 1. The van der Waals surface area contributed by atoms with Crippen molar-refractivity contribution in [1.29, 1.82) is 5.26 Å². The lowest BCUT2D eigenvalue weighted by Crippen LogP contribution is -2.45. The van der Waals surface area contributed by atoms with E-state index in [9.17, 15) is 20.0 Å². The Balaban J connectivity index is 1.89. The Bertz CT molecular complexity index is 725. The van der Waals surface area contributed by atoms with Gasteiger partial charge in [0.05, 0.1) is 0 Å². The van der Waals surface area contributed by atoms with E-state index in [1.807, 2.05) is 35.4 Å². The number of carbonyl (C=O) groups is 2. The van der Waals surface area contributed by atoms with Gasteiger partial charge in [0.1, 0.15) is 17.7 Å². The van der Waals surface area contributed by atoms with Crippen LogP contribution in [0.3, 0.4) is 0 Å². The Morgan fingerprint density at radius 2 is 1.96 bits per heavy atom. The second kappa shape index (κ2) is 11.4. The number of nitrogens with one attached hydrogen (secondary N) is 1. The van der Waals surface area contributed by atoms with Crippen LogP contribution in [0.5, 0.6) is 0 Å². The number of nitriles is 1. The van der Waals surface area contributed by atoms with Gasteiger partial charge in [-0.15, -0.1) is 0 Å². The van der Waals surface area contributed by atoms with Crippen LogP contribution in [0.1, 0.15) is 12.0 Å². The first kappa shape index (κ1) is 21.8. The van der Waals surface area contributed by atoms with Gasteiger partial charge in [0.25, 0.3) is 5.91 Å². The number of hydrogen-bond acceptors (Lipinski definition) is 6. The van der Waals surface area contributed by atoms with Crippen LogP contribution >= 0.6 is 11.8 Å². The lowest BCUT2D eigenvalue weighted by molar-refractivity contribution is -0.141. The first-order valence-corrected chi connectivity index (χ1v) is 10.6. The summed E-state index contributed by atoms with van der Waals surface area (Å²) in [6, 6.07) is 11.1. The number of amides is 1. The number of carbonyl (C=O) groups excluding carboxylic acids is 1. The molecular weight excluding hydrogens is 376 g/mol. The van der Waals surface area contributed by atoms with Crippen LogP contribution < -0.4 is 5.32 Å². The van der Waals surface area contributed by atoms with E-state index < -0.39 is 17.9 Å². The molecule has 150 valence electrons. The summed E-state index contributed by atoms with van der Waals surface area (Å²) in [4.78, 5) is 27.9. The van der Waals surface area contributed by atoms with E-state index in [1.54, 1.807) is 6.20 Å². The van der Waals surface area contributed by atoms with Crippen molar-refractivity contribution in [3.63, 3.8) is 0 Å². The molecule has 0 aromatic heterocycles. The summed E-state index contributed by atoms with van der Waals surface area (Å²) in [5.74, 6) is -1.11. The molecule has 1 saturated heterocycles. The van der Waals surface area contributed by atoms with E-state index in [0.29, 0.717) is 25.3 Å². The number of thioether (sulfide) groups is 1. The molecule has 0 radical (unpaired) electrons. The lowest BCUT2D eigenvalue weighted by Gasteiger charge is -2.34. The molecule has 1 aliphatic rings. The Kier molecular flexibility index (Phi) is 8.85. The third kappa shape index (κ3) is 6.91. The fourth-order valence-corrected chi connectivity index (χ4v) is 3.41. The molecule has 1 aromatic rings. The molecule has 0 bridgehead atoms. The van der Waals surface area contributed by atoms with Gasteiger partial charge in [-0.1, -0.05) is 30.3 Å². The van der Waals surface area contributed by atoms with Crippen LogP contribution in [0, 0.1) is 11.3 Å². The van der Waals surface area contributed by atoms with E-state index in [1.165, 1.54) is 17.3 Å². The highest BCUT2D eigenvalue weighted by atomic mass is 32.2. The summed E-state index contributed by atoms with van der Waals surface area (Å²) in [5, 5.41) is 21.0. The highest BCUT2D eigenvalue weighted by Gasteiger charge is 2.23. The molecule has 2 rings (SSSR count). The van der Waals surface area contributed by atoms with Gasteiger partial charge in [0.15, 0.2) is 0 Å². The topological polar surface area (TPSA) is 96.7 Å². The predicted molar refractivity (Wildman–Crippen MR) is 110 cm³/mol. The van der Waals surface area contributed by atoms with E-state index in [-0.39, 0.29) is 5.57 Å². The molecule has 2 N–H and O–H groups in total. The fraction of sp³-hybridized carbons (Fsp3) is 0.450. The number of carboxylic acids is 1. The number of nitrogens with zero attached hydrogens (tertiary/aromatic N) is 3. The van der Waals surface area contributed by atoms with E-state index in [0.717, 1.165) is 19.6 Å². The Hall–Kier alpha value is -2.50. The summed E-state index contributed by atoms with van der Waals surface area (Å²) < 4.78 is 0. The van der Waals surface area contributed by atoms with Crippen molar-refractivity contribution in [3.05, 3.63) is 47.7 Å². The van der Waals surface area contributed by atoms with E-state index in [4.69, 9.17) is 0 Å². The molecule has 0 aliphatic carbocycles. The SMILES string of the molecule is CSCCC(NC(=O)/C(C#N)=C\N1CCN(Cc2ccccc2)CC1)C(=O)O. The van der Waals surface area contributed by atoms with Gasteiger partial charge in [0.2, 0.25) is 0 Å². The molecule has 1 aliphatic heterocycles. The van der Waals surface area contributed by atoms with Crippen molar-refractivity contribution in [2.24, 2.45) is 0 Å². The zero-order chi connectivity index (χ0) is 20.4. The average molecular weight is 403 g/mol. The zero-order valence-electron chi connectivity index (χ0n) is 16.0. The molecule has 28 heavy (non-hydrogen) atoms. The Labute approximate surface area is 170 Å². The second-order valence-corrected chi connectivity index (χ2v) is 7.58. The molecule has 1 unspecified atom stereocenters. The smallest absolute Gasteiger partial charge is 0.326 e. The van der Waals surface area contributed by atoms with Crippen molar-refractivity contribution >= 4 is 23.6 Å². The molecule has 0 saturated carbocycles. The first-order chi connectivity index (χ1) is 13.5. The largest absolute Gasteiger partial charge is 0.480 e. The minimum Gasteiger partial charge on any atom is -0.480 e. The van der Waals surface area contributed by atoms with E-state index in [2.05, 4.69) is 22.3 Å². The van der Waals surface area contributed by atoms with Crippen molar-refractivity contribution in [3.8, 4) is 6.07 Å². The van der Waals surface area contributed by atoms with E-state index >= 15 is 0 Å². The van der Waals surface area contributed by atoms with Gasteiger partial charge in [-0.3, -0.25) is 9.69 Å². The monoisotopic (exact) mass is 402 g/mol. The summed E-state index contributed by atoms with van der Waals surface area (Å²) in [6.07, 6.45) is 3.74. The third-order valence-electron chi connectivity index (χ3n) is 4.55. The second-order valence-electron chi connectivity index (χ2n) is 6.60. The predicted octanol–water partition coefficient (Wildman–Crippen LogP) is 1.53. The number of piperazine rings is 1. The van der Waals surface area contributed by atoms with Crippen LogP contribution in [-0.2, 0) is 16.1 Å². The molecule has 1 fully saturated rings. The standard InChI is InChI=1S/C20H26N4O3S/c1-28-12-7-18(20(26)27)22-19(25)17(13-21)15-24-10-8-23(9-11-24)14-16-5-3-2-4-6-16/h2-6,15,18H,7-12,14H2,1H3,(H,22,25)(H,26,27)/b17-15-. The Morgan fingerprint density at radius 1 is 1.29 bits per heavy atom. The number of rotatable bonds is 9. The van der Waals surface area contributed by atoms with Gasteiger partial charge in [-0.25, -0.2) is 4.79 Å². The molecule has 0 spiro atoms. The molecule has 1 heterocycles. The van der Waals surface area contributed by atoms with Crippen molar-refractivity contribution in [2.75, 3.05) is 38.2 Å². The minimum absolute atomic E-state index is 0.0630. The summed E-state index contributed by atoms with van der Waals surface area (Å²) in [7, 11) is 0. The highest BCUT2D eigenvalue weighted by Crippen LogP contribution is 2.10. The molecule has 8 heteroatoms. The first-order valence-electron chi connectivity index (χ1n) is 9.18. The Morgan fingerprint density at radius 3 is 2.54 bits per heavy atom. The van der Waals surface area contributed by atoms with Crippen molar-refractivity contribution in [2.45, 2.75) is 19.0 Å². The molecule has 1 aromatic carbocycles. The maximum Gasteiger partial charge on any atom is 0.326 e. The maximum absolute atomic E-state index is 12.3. The van der Waals surface area contributed by atoms with Gasteiger partial charge in [-0.2, -0.15) is 17.0 Å². The van der Waals surface area contributed by atoms with Gasteiger partial charge in [0, 0.05) is 38.9 Å². The summed E-state index contributed by atoms with van der Waals surface area (Å²) in [5.41, 5.74) is 1.19. The van der Waals surface area contributed by atoms with Crippen LogP contribution in [-0.4, -0.2) is 71.0 Å². The summed E-state index contributed by atoms with van der Waals surface area (Å²) >= 11 is 1.51. The average Bonchev–Trinajstić information content (AvgIpc) is 2.71. The van der Waals surface area contributed by atoms with Crippen molar-refractivity contribution in [1.82, 2.24) is 15.1 Å². The number of hydrogen-bond donors (Lipinski definition) is 2. The van der Waals surface area contributed by atoms with Gasteiger partial charge < -0.3 is 15.3 Å². The third-order valence-corrected chi connectivity index (χ3v) is 5.19. The maximum atomic E-state index is 12.3. The summed E-state index contributed by atoms with van der Waals surface area (Å²) in [6.45, 7) is 3.95. The van der Waals surface area contributed by atoms with Gasteiger partial charge >= 0.3 is 5.97 Å². The molecule has 1 amide bonds. The quantitative estimate of drug-likeness (QED) is 0.478. The van der Waals surface area contributed by atoms with Crippen LogP contribution in [0.25, 0.3) is 0 Å². The van der Waals surface area contributed by atoms with Crippen LogP contribution in [0.2, 0.25) is 0 Å². The number of benzene rings is 1. The number of carboxylic acid groups (broad SMARTS) is 1. The van der Waals surface area contributed by atoms with Crippen LogP contribution in [0.4, 0.5) is 0 Å². The van der Waals surface area contributed by atoms with Crippen molar-refractivity contribution < 1.29 is 14.7 Å². The zero-order valence-corrected chi connectivity index (χ0v) is 16.8. The van der Waals surface area contributed by atoms with Gasteiger partial charge in [-0.05, 0) is 24.0 Å². The lowest BCUT2D eigenvalue weighted by atomic mass is 10.2. The molecule has 7 nitrogen and oxygen atoms in total. The molecule has 1 atom stereocenters. The molecular formula is C20H26N4O3S.